The van der Waals surface area contributed by atoms with Crippen LogP contribution in [0.5, 0.6) is 0 Å². The van der Waals surface area contributed by atoms with E-state index in [1.54, 1.807) is 6.07 Å². The monoisotopic (exact) mass is 193 g/mol. The Labute approximate surface area is 81.5 Å². The number of ether oxygens (including phenoxy) is 1. The zero-order valence-electron chi connectivity index (χ0n) is 7.64. The van der Waals surface area contributed by atoms with E-state index in [0.29, 0.717) is 0 Å². The van der Waals surface area contributed by atoms with Crippen LogP contribution >= 0.6 is 0 Å². The lowest BCUT2D eigenvalue weighted by molar-refractivity contribution is 0.0695. The van der Waals surface area contributed by atoms with Crippen LogP contribution in [0.3, 0.4) is 0 Å². The third-order valence-electron chi connectivity index (χ3n) is 2.29. The van der Waals surface area contributed by atoms with E-state index in [-0.39, 0.29) is 11.7 Å². The molecule has 0 aliphatic carbocycles. The molecule has 0 unspecified atom stereocenters. The number of carbonyl (C=O) groups is 1. The Bertz CT molecular complexity index is 345. The Balaban J connectivity index is 2.25. The summed E-state index contributed by atoms with van der Waals surface area (Å²) in [7, 11) is 0. The molecule has 4 heteroatoms. The average Bonchev–Trinajstić information content (AvgIpc) is 2.71. The summed E-state index contributed by atoms with van der Waals surface area (Å²) in [6.07, 6.45) is 3.44. The molecule has 0 amide bonds. The molecule has 2 heterocycles. The van der Waals surface area contributed by atoms with Crippen molar-refractivity contribution in [2.75, 3.05) is 6.61 Å². The van der Waals surface area contributed by atoms with Gasteiger partial charge in [-0.2, -0.15) is 0 Å². The Kier molecular flexibility index (Phi) is 2.45. The zero-order valence-corrected chi connectivity index (χ0v) is 7.64. The van der Waals surface area contributed by atoms with Crippen molar-refractivity contribution in [2.45, 2.75) is 18.9 Å². The molecule has 1 aromatic rings. The first-order valence-corrected chi connectivity index (χ1v) is 4.58. The predicted molar refractivity (Wildman–Crippen MR) is 49.1 cm³/mol. The summed E-state index contributed by atoms with van der Waals surface area (Å²) < 4.78 is 5.42. The number of rotatable bonds is 2. The number of carboxylic acid groups (broad SMARTS) is 1. The van der Waals surface area contributed by atoms with E-state index in [4.69, 9.17) is 9.84 Å². The molecule has 0 spiro atoms. The number of aromatic carboxylic acids is 1. The van der Waals surface area contributed by atoms with E-state index >= 15 is 0 Å². The number of pyridine rings is 1. The van der Waals surface area contributed by atoms with Gasteiger partial charge in [0.2, 0.25) is 0 Å². The molecule has 1 atom stereocenters. The second kappa shape index (κ2) is 3.75. The molecule has 0 aromatic carbocycles. The standard InChI is InChI=1S/C10H11NO3/c12-10(13)7-3-4-11-8(6-7)9-2-1-5-14-9/h3-4,6,9H,1-2,5H2,(H,12,13)/t9-/m0/s1. The number of hydrogen-bond donors (Lipinski definition) is 1. The Morgan fingerprint density at radius 1 is 1.64 bits per heavy atom. The molecule has 0 radical (unpaired) electrons. The van der Waals surface area contributed by atoms with Gasteiger partial charge < -0.3 is 9.84 Å². The summed E-state index contributed by atoms with van der Waals surface area (Å²) in [6, 6.07) is 3.07. The van der Waals surface area contributed by atoms with Gasteiger partial charge in [-0.3, -0.25) is 4.98 Å². The van der Waals surface area contributed by atoms with Crippen molar-refractivity contribution in [3.05, 3.63) is 29.6 Å². The van der Waals surface area contributed by atoms with Crippen LogP contribution in [-0.4, -0.2) is 22.7 Å². The van der Waals surface area contributed by atoms with Crippen LogP contribution in [0.2, 0.25) is 0 Å². The van der Waals surface area contributed by atoms with E-state index in [1.807, 2.05) is 0 Å². The molecule has 14 heavy (non-hydrogen) atoms. The Morgan fingerprint density at radius 3 is 3.14 bits per heavy atom. The molecular formula is C10H11NO3. The molecule has 1 aliphatic rings. The van der Waals surface area contributed by atoms with E-state index in [1.165, 1.54) is 12.3 Å². The lowest BCUT2D eigenvalue weighted by Crippen LogP contribution is -2.03. The van der Waals surface area contributed by atoms with Gasteiger partial charge in [-0.1, -0.05) is 0 Å². The highest BCUT2D eigenvalue weighted by molar-refractivity contribution is 5.87. The van der Waals surface area contributed by atoms with Gasteiger partial charge in [-0.05, 0) is 25.0 Å². The second-order valence-corrected chi connectivity index (χ2v) is 3.28. The fourth-order valence-corrected chi connectivity index (χ4v) is 1.57. The molecule has 1 N–H and O–H groups in total. The summed E-state index contributed by atoms with van der Waals surface area (Å²) in [6.45, 7) is 0.740. The first-order valence-electron chi connectivity index (χ1n) is 4.58. The molecule has 1 aromatic heterocycles. The Morgan fingerprint density at radius 2 is 2.50 bits per heavy atom. The van der Waals surface area contributed by atoms with Gasteiger partial charge in [-0.25, -0.2) is 4.79 Å². The number of aromatic nitrogens is 1. The van der Waals surface area contributed by atoms with E-state index in [0.717, 1.165) is 25.1 Å². The largest absolute Gasteiger partial charge is 0.478 e. The second-order valence-electron chi connectivity index (χ2n) is 3.28. The minimum absolute atomic E-state index is 0.0192. The van der Waals surface area contributed by atoms with Gasteiger partial charge in [0, 0.05) is 12.8 Å². The molecule has 0 saturated carbocycles. The quantitative estimate of drug-likeness (QED) is 0.775. The molecule has 0 bridgehead atoms. The maximum Gasteiger partial charge on any atom is 0.335 e. The smallest absolute Gasteiger partial charge is 0.335 e. The van der Waals surface area contributed by atoms with Crippen LogP contribution in [0.4, 0.5) is 0 Å². The van der Waals surface area contributed by atoms with E-state index < -0.39 is 5.97 Å². The molecule has 4 nitrogen and oxygen atoms in total. The first kappa shape index (κ1) is 9.15. The molecule has 1 fully saturated rings. The van der Waals surface area contributed by atoms with Crippen molar-refractivity contribution in [1.29, 1.82) is 0 Å². The van der Waals surface area contributed by atoms with Crippen molar-refractivity contribution in [2.24, 2.45) is 0 Å². The van der Waals surface area contributed by atoms with Crippen LogP contribution in [0, 0.1) is 0 Å². The van der Waals surface area contributed by atoms with Crippen molar-refractivity contribution < 1.29 is 14.6 Å². The maximum absolute atomic E-state index is 10.7. The maximum atomic E-state index is 10.7. The fourth-order valence-electron chi connectivity index (χ4n) is 1.57. The molecule has 1 saturated heterocycles. The number of nitrogens with zero attached hydrogens (tertiary/aromatic N) is 1. The van der Waals surface area contributed by atoms with Crippen LogP contribution in [0.15, 0.2) is 18.3 Å². The molecule has 2 rings (SSSR count). The lowest BCUT2D eigenvalue weighted by Gasteiger charge is -2.08. The predicted octanol–water partition coefficient (Wildman–Crippen LogP) is 1.63. The van der Waals surface area contributed by atoms with Gasteiger partial charge in [0.15, 0.2) is 0 Å². The van der Waals surface area contributed by atoms with Crippen molar-refractivity contribution in [1.82, 2.24) is 4.98 Å². The van der Waals surface area contributed by atoms with E-state index in [9.17, 15) is 4.79 Å². The first-order chi connectivity index (χ1) is 6.77. The number of carboxylic acids is 1. The third kappa shape index (κ3) is 1.75. The highest BCUT2D eigenvalue weighted by Gasteiger charge is 2.19. The normalized spacial score (nSPS) is 21.0. The molecule has 74 valence electrons. The minimum Gasteiger partial charge on any atom is -0.478 e. The summed E-state index contributed by atoms with van der Waals surface area (Å²) in [5, 5.41) is 8.78. The SMILES string of the molecule is O=C(O)c1ccnc([C@@H]2CCCO2)c1. The fraction of sp³-hybridized carbons (Fsp3) is 0.400. The Hall–Kier alpha value is -1.42. The van der Waals surface area contributed by atoms with Crippen LogP contribution in [0.25, 0.3) is 0 Å². The van der Waals surface area contributed by atoms with Crippen molar-refractivity contribution in [3.63, 3.8) is 0 Å². The van der Waals surface area contributed by atoms with Crippen LogP contribution in [0.1, 0.15) is 35.0 Å². The van der Waals surface area contributed by atoms with Crippen molar-refractivity contribution >= 4 is 5.97 Å². The van der Waals surface area contributed by atoms with Gasteiger partial charge in [0.05, 0.1) is 17.4 Å². The summed E-state index contributed by atoms with van der Waals surface area (Å²) >= 11 is 0. The lowest BCUT2D eigenvalue weighted by atomic mass is 10.1. The van der Waals surface area contributed by atoms with Gasteiger partial charge in [-0.15, -0.1) is 0 Å². The third-order valence-corrected chi connectivity index (χ3v) is 2.29. The summed E-state index contributed by atoms with van der Waals surface area (Å²) in [5.41, 5.74) is 0.993. The van der Waals surface area contributed by atoms with Gasteiger partial charge >= 0.3 is 5.97 Å². The minimum atomic E-state index is -0.924. The average molecular weight is 193 g/mol. The highest BCUT2D eigenvalue weighted by Crippen LogP contribution is 2.27. The van der Waals surface area contributed by atoms with Gasteiger partial charge in [0.1, 0.15) is 0 Å². The summed E-state index contributed by atoms with van der Waals surface area (Å²) in [5.74, 6) is -0.924. The van der Waals surface area contributed by atoms with Crippen molar-refractivity contribution in [3.8, 4) is 0 Å². The number of hydrogen-bond acceptors (Lipinski definition) is 3. The molecule has 1 aliphatic heterocycles. The molecular weight excluding hydrogens is 182 g/mol. The van der Waals surface area contributed by atoms with Gasteiger partial charge in [0.25, 0.3) is 0 Å². The van der Waals surface area contributed by atoms with Crippen LogP contribution in [-0.2, 0) is 4.74 Å². The summed E-state index contributed by atoms with van der Waals surface area (Å²) in [4.78, 5) is 14.8. The van der Waals surface area contributed by atoms with E-state index in [2.05, 4.69) is 4.98 Å². The zero-order chi connectivity index (χ0) is 9.97. The highest BCUT2D eigenvalue weighted by atomic mass is 16.5. The topological polar surface area (TPSA) is 59.4 Å². The van der Waals surface area contributed by atoms with Crippen LogP contribution < -0.4 is 0 Å².